The van der Waals surface area contributed by atoms with Crippen LogP contribution in [0.2, 0.25) is 0 Å². The van der Waals surface area contributed by atoms with Gasteiger partial charge in [-0.1, -0.05) is 0 Å². The standard InChI is InChI=1S/C18H27N3O4/c1-17(2,3)25-16(23)20-8-6-18(7-9-20)5-4-15(13-24-18)21-11-14(12-22)10-19-21/h10-12,15H,4-9,13H2,1-3H3. The molecule has 2 fully saturated rings. The first-order valence-corrected chi connectivity index (χ1v) is 8.91. The number of hydrogen-bond acceptors (Lipinski definition) is 5. The van der Waals surface area contributed by atoms with E-state index in [4.69, 9.17) is 9.47 Å². The van der Waals surface area contributed by atoms with E-state index in [0.717, 1.165) is 32.0 Å². The lowest BCUT2D eigenvalue weighted by molar-refractivity contribution is -0.126. The van der Waals surface area contributed by atoms with Crippen molar-refractivity contribution in [3.05, 3.63) is 18.0 Å². The Labute approximate surface area is 148 Å². The Hall–Kier alpha value is -1.89. The summed E-state index contributed by atoms with van der Waals surface area (Å²) in [5.74, 6) is 0. The molecule has 1 aromatic heterocycles. The van der Waals surface area contributed by atoms with Crippen molar-refractivity contribution in [2.45, 2.75) is 63.7 Å². The number of likely N-dealkylation sites (tertiary alicyclic amines) is 1. The highest BCUT2D eigenvalue weighted by Gasteiger charge is 2.41. The van der Waals surface area contributed by atoms with Crippen LogP contribution >= 0.6 is 0 Å². The van der Waals surface area contributed by atoms with Gasteiger partial charge in [0.1, 0.15) is 5.60 Å². The van der Waals surface area contributed by atoms with Crippen molar-refractivity contribution in [2.75, 3.05) is 19.7 Å². The van der Waals surface area contributed by atoms with Gasteiger partial charge >= 0.3 is 6.09 Å². The maximum atomic E-state index is 12.2. The molecule has 25 heavy (non-hydrogen) atoms. The van der Waals surface area contributed by atoms with Gasteiger partial charge in [0.2, 0.25) is 0 Å². The third kappa shape index (κ3) is 4.21. The van der Waals surface area contributed by atoms with Gasteiger partial charge in [-0.3, -0.25) is 9.48 Å². The van der Waals surface area contributed by atoms with Crippen molar-refractivity contribution >= 4 is 12.4 Å². The number of amides is 1. The number of piperidine rings is 1. The van der Waals surface area contributed by atoms with Crippen molar-refractivity contribution in [2.24, 2.45) is 0 Å². The van der Waals surface area contributed by atoms with Crippen LogP contribution in [0.3, 0.4) is 0 Å². The fraction of sp³-hybridized carbons (Fsp3) is 0.722. The second-order valence-corrected chi connectivity index (χ2v) is 8.03. The number of rotatable bonds is 2. The summed E-state index contributed by atoms with van der Waals surface area (Å²) in [5, 5.41) is 4.25. The maximum Gasteiger partial charge on any atom is 0.410 e. The zero-order valence-corrected chi connectivity index (χ0v) is 15.2. The molecule has 0 saturated carbocycles. The molecule has 0 bridgehead atoms. The van der Waals surface area contributed by atoms with Gasteiger partial charge in [0, 0.05) is 19.3 Å². The Morgan fingerprint density at radius 2 is 2.08 bits per heavy atom. The first-order valence-electron chi connectivity index (χ1n) is 8.91. The lowest BCUT2D eigenvalue weighted by Gasteiger charge is -2.45. The summed E-state index contributed by atoms with van der Waals surface area (Å²) in [6, 6.07) is 0.170. The van der Waals surface area contributed by atoms with Crippen molar-refractivity contribution < 1.29 is 19.1 Å². The Bertz CT molecular complexity index is 617. The lowest BCUT2D eigenvalue weighted by Crippen LogP contribution is -2.51. The van der Waals surface area contributed by atoms with Gasteiger partial charge in [-0.25, -0.2) is 4.79 Å². The molecule has 0 aliphatic carbocycles. The van der Waals surface area contributed by atoms with E-state index in [0.29, 0.717) is 25.3 Å². The average Bonchev–Trinajstić information content (AvgIpc) is 3.04. The number of nitrogens with zero attached hydrogens (tertiary/aromatic N) is 3. The molecule has 0 aromatic carbocycles. The molecule has 1 unspecified atom stereocenters. The normalized spacial score (nSPS) is 23.5. The highest BCUT2D eigenvalue weighted by Crippen LogP contribution is 2.38. The van der Waals surface area contributed by atoms with Gasteiger partial charge in [-0.2, -0.15) is 5.10 Å². The summed E-state index contributed by atoms with van der Waals surface area (Å²) >= 11 is 0. The van der Waals surface area contributed by atoms with Crippen LogP contribution in [0.4, 0.5) is 4.79 Å². The van der Waals surface area contributed by atoms with E-state index in [1.54, 1.807) is 17.3 Å². The van der Waals surface area contributed by atoms with Crippen LogP contribution in [0.1, 0.15) is 62.9 Å². The van der Waals surface area contributed by atoms with Crippen molar-refractivity contribution in [3.8, 4) is 0 Å². The third-order valence-electron chi connectivity index (χ3n) is 4.97. The molecule has 2 aliphatic rings. The van der Waals surface area contributed by atoms with Crippen molar-refractivity contribution in [1.82, 2.24) is 14.7 Å². The van der Waals surface area contributed by atoms with E-state index < -0.39 is 5.60 Å². The summed E-state index contributed by atoms with van der Waals surface area (Å²) in [5.41, 5.74) is -0.0217. The molecule has 2 aliphatic heterocycles. The zero-order valence-electron chi connectivity index (χ0n) is 15.2. The summed E-state index contributed by atoms with van der Waals surface area (Å²) in [6.45, 7) is 7.56. The van der Waals surface area contributed by atoms with E-state index >= 15 is 0 Å². The quantitative estimate of drug-likeness (QED) is 0.768. The predicted molar refractivity (Wildman–Crippen MR) is 91.6 cm³/mol. The van der Waals surface area contributed by atoms with Crippen LogP contribution in [0, 0.1) is 0 Å². The average molecular weight is 349 g/mol. The van der Waals surface area contributed by atoms with Crippen LogP contribution in [-0.2, 0) is 9.47 Å². The second-order valence-electron chi connectivity index (χ2n) is 8.03. The van der Waals surface area contributed by atoms with E-state index in [9.17, 15) is 9.59 Å². The van der Waals surface area contributed by atoms with Gasteiger partial charge in [0.05, 0.1) is 30.0 Å². The number of ether oxygens (including phenoxy) is 2. The molecule has 0 N–H and O–H groups in total. The Balaban J connectivity index is 1.51. The number of aromatic nitrogens is 2. The monoisotopic (exact) mass is 349 g/mol. The molecular weight excluding hydrogens is 322 g/mol. The number of carbonyl (C=O) groups is 2. The molecule has 7 heteroatoms. The zero-order chi connectivity index (χ0) is 18.1. The number of aldehydes is 1. The minimum absolute atomic E-state index is 0.143. The molecular formula is C18H27N3O4. The minimum Gasteiger partial charge on any atom is -0.444 e. The fourth-order valence-electron chi connectivity index (χ4n) is 3.50. The lowest BCUT2D eigenvalue weighted by atomic mass is 9.83. The maximum absolute atomic E-state index is 12.2. The van der Waals surface area contributed by atoms with Gasteiger partial charge < -0.3 is 14.4 Å². The van der Waals surface area contributed by atoms with Crippen LogP contribution < -0.4 is 0 Å². The van der Waals surface area contributed by atoms with E-state index in [1.165, 1.54) is 0 Å². The third-order valence-corrected chi connectivity index (χ3v) is 4.97. The van der Waals surface area contributed by atoms with Crippen molar-refractivity contribution in [3.63, 3.8) is 0 Å². The fourth-order valence-corrected chi connectivity index (χ4v) is 3.50. The molecule has 1 amide bonds. The second kappa shape index (κ2) is 6.78. The molecule has 1 aromatic rings. The van der Waals surface area contributed by atoms with Crippen LogP contribution in [0.15, 0.2) is 12.4 Å². The summed E-state index contributed by atoms with van der Waals surface area (Å²) in [4.78, 5) is 24.7. The topological polar surface area (TPSA) is 73.7 Å². The highest BCUT2D eigenvalue weighted by atomic mass is 16.6. The van der Waals surface area contributed by atoms with Crippen LogP contribution in [0.5, 0.6) is 0 Å². The minimum atomic E-state index is -0.467. The Morgan fingerprint density at radius 1 is 1.36 bits per heavy atom. The van der Waals surface area contributed by atoms with Crippen LogP contribution in [-0.4, -0.2) is 58.0 Å². The van der Waals surface area contributed by atoms with E-state index in [-0.39, 0.29) is 17.7 Å². The first-order chi connectivity index (χ1) is 11.8. The SMILES string of the molecule is CC(C)(C)OC(=O)N1CCC2(CCC(n3cc(C=O)cn3)CO2)CC1. The highest BCUT2D eigenvalue weighted by molar-refractivity contribution is 5.73. The molecule has 3 rings (SSSR count). The van der Waals surface area contributed by atoms with Gasteiger partial charge in [-0.15, -0.1) is 0 Å². The molecule has 7 nitrogen and oxygen atoms in total. The Kier molecular flexibility index (Phi) is 4.86. The molecule has 2 saturated heterocycles. The first kappa shape index (κ1) is 17.9. The molecule has 138 valence electrons. The number of carbonyl (C=O) groups excluding carboxylic acids is 2. The largest absolute Gasteiger partial charge is 0.444 e. The summed E-state index contributed by atoms with van der Waals surface area (Å²) in [7, 11) is 0. The van der Waals surface area contributed by atoms with Crippen LogP contribution in [0.25, 0.3) is 0 Å². The van der Waals surface area contributed by atoms with E-state index in [1.807, 2.05) is 25.5 Å². The van der Waals surface area contributed by atoms with Gasteiger partial charge in [0.15, 0.2) is 6.29 Å². The smallest absolute Gasteiger partial charge is 0.410 e. The van der Waals surface area contributed by atoms with Crippen molar-refractivity contribution in [1.29, 1.82) is 0 Å². The van der Waals surface area contributed by atoms with Gasteiger partial charge in [-0.05, 0) is 46.5 Å². The molecule has 0 radical (unpaired) electrons. The summed E-state index contributed by atoms with van der Waals surface area (Å²) in [6.07, 6.45) is 7.48. The molecule has 1 spiro atoms. The Morgan fingerprint density at radius 3 is 2.60 bits per heavy atom. The summed E-state index contributed by atoms with van der Waals surface area (Å²) < 4.78 is 13.5. The molecule has 1 atom stereocenters. The van der Waals surface area contributed by atoms with Gasteiger partial charge in [0.25, 0.3) is 0 Å². The number of hydrogen-bond donors (Lipinski definition) is 0. The predicted octanol–water partition coefficient (Wildman–Crippen LogP) is 2.82. The molecule has 3 heterocycles. The van der Waals surface area contributed by atoms with E-state index in [2.05, 4.69) is 5.10 Å².